The van der Waals surface area contributed by atoms with Crippen LogP contribution in [0.3, 0.4) is 0 Å². The highest BCUT2D eigenvalue weighted by Crippen LogP contribution is 2.44. The number of benzene rings is 7. The summed E-state index contributed by atoms with van der Waals surface area (Å²) < 4.78 is 2.29. The maximum atomic E-state index is 5.89. The summed E-state index contributed by atoms with van der Waals surface area (Å²) in [5, 5.41) is 6.30. The highest BCUT2D eigenvalue weighted by Gasteiger charge is 2.17. The van der Waals surface area contributed by atoms with Crippen LogP contribution in [0.25, 0.3) is 77.6 Å². The minimum absolute atomic E-state index is 1.10. The van der Waals surface area contributed by atoms with Crippen molar-refractivity contribution in [2.45, 2.75) is 6.92 Å². The van der Waals surface area contributed by atoms with Gasteiger partial charge in [0.1, 0.15) is 0 Å². The van der Waals surface area contributed by atoms with Crippen LogP contribution in [-0.4, -0.2) is 4.57 Å². The first-order valence-corrected chi connectivity index (χ1v) is 15.4. The van der Waals surface area contributed by atoms with E-state index in [0.717, 1.165) is 11.4 Å². The van der Waals surface area contributed by atoms with Gasteiger partial charge in [-0.1, -0.05) is 127 Å². The summed E-state index contributed by atoms with van der Waals surface area (Å²) in [5.74, 6) is 0. The molecule has 45 heavy (non-hydrogen) atoms. The third-order valence-electron chi connectivity index (χ3n) is 9.04. The average molecular weight is 577 g/mol. The minimum atomic E-state index is 1.10. The van der Waals surface area contributed by atoms with Crippen molar-refractivity contribution < 1.29 is 0 Å². The van der Waals surface area contributed by atoms with Gasteiger partial charge in [-0.25, -0.2) is 0 Å². The summed E-state index contributed by atoms with van der Waals surface area (Å²) in [6, 6.07) is 54.7. The zero-order chi connectivity index (χ0) is 30.3. The molecule has 214 valence electrons. The number of aryl methyl sites for hydroxylation is 1. The van der Waals surface area contributed by atoms with E-state index in [-0.39, 0.29) is 0 Å². The van der Waals surface area contributed by atoms with Crippen LogP contribution >= 0.6 is 0 Å². The van der Waals surface area contributed by atoms with Crippen molar-refractivity contribution in [1.29, 1.82) is 0 Å². The lowest BCUT2D eigenvalue weighted by molar-refractivity contribution is 1.10. The van der Waals surface area contributed by atoms with E-state index < -0.39 is 0 Å². The van der Waals surface area contributed by atoms with Crippen LogP contribution in [0.15, 0.2) is 158 Å². The van der Waals surface area contributed by atoms with E-state index in [1.807, 2.05) is 12.1 Å². The van der Waals surface area contributed by atoms with Gasteiger partial charge < -0.3 is 10.3 Å². The van der Waals surface area contributed by atoms with E-state index in [2.05, 4.69) is 157 Å². The molecule has 0 bridgehead atoms. The number of aromatic nitrogens is 1. The molecule has 0 saturated heterocycles. The molecule has 0 unspecified atom stereocenters. The molecule has 2 nitrogen and oxygen atoms in total. The van der Waals surface area contributed by atoms with Crippen LogP contribution in [0.5, 0.6) is 0 Å². The Labute approximate surface area is 263 Å². The Morgan fingerprint density at radius 1 is 0.467 bits per heavy atom. The summed E-state index contributed by atoms with van der Waals surface area (Å²) in [7, 11) is 0. The topological polar surface area (TPSA) is 30.9 Å². The minimum Gasteiger partial charge on any atom is -0.405 e. The van der Waals surface area contributed by atoms with Gasteiger partial charge in [0.2, 0.25) is 0 Å². The largest absolute Gasteiger partial charge is 0.405 e. The van der Waals surface area contributed by atoms with Crippen molar-refractivity contribution in [2.24, 2.45) is 5.73 Å². The maximum Gasteiger partial charge on any atom is 0.0538 e. The first kappa shape index (κ1) is 26.7. The van der Waals surface area contributed by atoms with Crippen LogP contribution in [0.1, 0.15) is 11.3 Å². The van der Waals surface area contributed by atoms with Gasteiger partial charge in [-0.3, -0.25) is 0 Å². The molecule has 1 aromatic heterocycles. The van der Waals surface area contributed by atoms with Crippen molar-refractivity contribution in [1.82, 2.24) is 4.57 Å². The third kappa shape index (κ3) is 4.42. The first-order chi connectivity index (χ1) is 22.2. The normalized spacial score (nSPS) is 11.7. The number of hydrogen-bond acceptors (Lipinski definition) is 1. The van der Waals surface area contributed by atoms with Gasteiger partial charge in [-0.05, 0) is 104 Å². The second kappa shape index (κ2) is 11.0. The Morgan fingerprint density at radius 3 is 1.49 bits per heavy atom. The molecule has 1 heterocycles. The van der Waals surface area contributed by atoms with Crippen LogP contribution in [0, 0.1) is 6.92 Å². The van der Waals surface area contributed by atoms with Gasteiger partial charge in [0.15, 0.2) is 0 Å². The number of nitrogens with zero attached hydrogens (tertiary/aromatic N) is 1. The van der Waals surface area contributed by atoms with Gasteiger partial charge in [-0.2, -0.15) is 0 Å². The van der Waals surface area contributed by atoms with E-state index in [9.17, 15) is 0 Å². The van der Waals surface area contributed by atoms with E-state index in [4.69, 9.17) is 5.73 Å². The highest BCUT2D eigenvalue weighted by atomic mass is 15.0. The zero-order valence-corrected chi connectivity index (χ0v) is 25.1. The lowest BCUT2D eigenvalue weighted by Gasteiger charge is -2.18. The monoisotopic (exact) mass is 576 g/mol. The number of hydrogen-bond donors (Lipinski definition) is 1. The van der Waals surface area contributed by atoms with Crippen molar-refractivity contribution in [3.8, 4) is 39.1 Å². The average Bonchev–Trinajstić information content (AvgIpc) is 3.38. The molecule has 8 aromatic rings. The lowest BCUT2D eigenvalue weighted by atomic mass is 9.86. The number of rotatable bonds is 5. The molecule has 0 aliphatic carbocycles. The number of fused-ring (bicyclic) bond motifs is 3. The molecule has 8 rings (SSSR count). The van der Waals surface area contributed by atoms with Crippen molar-refractivity contribution >= 4 is 38.5 Å². The van der Waals surface area contributed by atoms with Gasteiger partial charge in [-0.15, -0.1) is 0 Å². The lowest BCUT2D eigenvalue weighted by Crippen LogP contribution is -1.97. The molecule has 0 fully saturated rings. The summed E-state index contributed by atoms with van der Waals surface area (Å²) in [6.07, 6.45) is 3.62. The van der Waals surface area contributed by atoms with E-state index in [0.29, 0.717) is 0 Å². The van der Waals surface area contributed by atoms with E-state index in [1.54, 1.807) is 6.20 Å². The third-order valence-corrected chi connectivity index (χ3v) is 9.04. The Kier molecular flexibility index (Phi) is 6.54. The van der Waals surface area contributed by atoms with Gasteiger partial charge in [0, 0.05) is 11.1 Å². The summed E-state index contributed by atoms with van der Waals surface area (Å²) in [5.41, 5.74) is 17.9. The molecular weight excluding hydrogens is 544 g/mol. The van der Waals surface area contributed by atoms with Crippen molar-refractivity contribution in [3.63, 3.8) is 0 Å². The summed E-state index contributed by atoms with van der Waals surface area (Å²) in [6.45, 7) is 2.18. The van der Waals surface area contributed by atoms with Gasteiger partial charge in [0.25, 0.3) is 0 Å². The van der Waals surface area contributed by atoms with Crippen LogP contribution < -0.4 is 5.73 Å². The molecule has 7 aromatic carbocycles. The SMILES string of the molecule is Cc1c(/C=C\N)n(-c2ccccc2)c2ccc(-c3ccc(-c4c5ccccc5c(-c5ccccc5)c5ccccc45)cc3)cc12. The fourth-order valence-electron chi connectivity index (χ4n) is 6.98. The second-order valence-corrected chi connectivity index (χ2v) is 11.6. The zero-order valence-electron chi connectivity index (χ0n) is 25.1. The number of para-hydroxylation sites is 1. The van der Waals surface area contributed by atoms with Crippen molar-refractivity contribution in [2.75, 3.05) is 0 Å². The first-order valence-electron chi connectivity index (χ1n) is 15.4. The maximum absolute atomic E-state index is 5.89. The van der Waals surface area contributed by atoms with Crippen LogP contribution in [0.2, 0.25) is 0 Å². The fourth-order valence-corrected chi connectivity index (χ4v) is 6.98. The summed E-state index contributed by atoms with van der Waals surface area (Å²) in [4.78, 5) is 0. The quantitative estimate of drug-likeness (QED) is 0.203. The predicted molar refractivity (Wildman–Crippen MR) is 193 cm³/mol. The Balaban J connectivity index is 1.27. The standard InChI is InChI=1S/C43H32N2/c1-29-39-28-33(24-25-41(39)45(40(29)26-27-44)34-14-6-3-7-15-34)30-20-22-32(23-21-30)43-37-18-10-8-16-35(37)42(31-12-4-2-5-13-31)36-17-9-11-19-38(36)43/h2-28H,44H2,1H3/b27-26-. The molecule has 0 atom stereocenters. The van der Waals surface area contributed by atoms with Crippen LogP contribution in [0.4, 0.5) is 0 Å². The van der Waals surface area contributed by atoms with Crippen molar-refractivity contribution in [3.05, 3.63) is 169 Å². The number of nitrogens with two attached hydrogens (primary N) is 1. The highest BCUT2D eigenvalue weighted by molar-refractivity contribution is 6.21. The summed E-state index contributed by atoms with van der Waals surface area (Å²) >= 11 is 0. The second-order valence-electron chi connectivity index (χ2n) is 11.6. The van der Waals surface area contributed by atoms with E-state index >= 15 is 0 Å². The molecule has 0 spiro atoms. The Bertz CT molecular complexity index is 2300. The smallest absolute Gasteiger partial charge is 0.0538 e. The molecular formula is C43H32N2. The molecule has 0 aliphatic heterocycles. The fraction of sp³-hybridized carbons (Fsp3) is 0.0233. The predicted octanol–water partition coefficient (Wildman–Crippen LogP) is 11.2. The molecule has 0 aliphatic rings. The molecule has 2 N–H and O–H groups in total. The molecule has 0 radical (unpaired) electrons. The van der Waals surface area contributed by atoms with Crippen LogP contribution in [-0.2, 0) is 0 Å². The van der Waals surface area contributed by atoms with E-state index in [1.165, 1.54) is 71.4 Å². The Morgan fingerprint density at radius 2 is 0.933 bits per heavy atom. The molecule has 0 amide bonds. The van der Waals surface area contributed by atoms with Gasteiger partial charge in [0.05, 0.1) is 11.2 Å². The van der Waals surface area contributed by atoms with Gasteiger partial charge >= 0.3 is 0 Å². The molecule has 0 saturated carbocycles. The Hall–Kier alpha value is -5.86. The molecule has 2 heteroatoms.